The predicted molar refractivity (Wildman–Crippen MR) is 80.3 cm³/mol. The first-order valence-electron chi connectivity index (χ1n) is 7.09. The van der Waals surface area contributed by atoms with Gasteiger partial charge in [0, 0.05) is 31.4 Å². The molecule has 0 radical (unpaired) electrons. The van der Waals surface area contributed by atoms with Crippen LogP contribution in [-0.4, -0.2) is 46.6 Å². The second-order valence-electron chi connectivity index (χ2n) is 5.75. The summed E-state index contributed by atoms with van der Waals surface area (Å²) in [6, 6.07) is -0.186. The van der Waals surface area contributed by atoms with Crippen molar-refractivity contribution in [1.29, 1.82) is 0 Å². The van der Waals surface area contributed by atoms with Crippen LogP contribution in [0.25, 0.3) is 0 Å². The van der Waals surface area contributed by atoms with Crippen LogP contribution in [0.1, 0.15) is 26.0 Å². The van der Waals surface area contributed by atoms with Gasteiger partial charge < -0.3 is 15.3 Å². The summed E-state index contributed by atoms with van der Waals surface area (Å²) in [5.41, 5.74) is 1.91. The number of nitrogens with one attached hydrogen (secondary N) is 1. The number of hydrogen-bond acceptors (Lipinski definition) is 4. The van der Waals surface area contributed by atoms with E-state index in [1.54, 1.807) is 10.4 Å². The number of carbonyl (C=O) groups is 2. The zero-order valence-corrected chi connectivity index (χ0v) is 13.2. The Morgan fingerprint density at radius 1 is 1.57 bits per heavy atom. The van der Waals surface area contributed by atoms with Gasteiger partial charge in [-0.05, 0) is 12.3 Å². The van der Waals surface area contributed by atoms with Crippen molar-refractivity contribution in [3.05, 3.63) is 16.6 Å². The van der Waals surface area contributed by atoms with Crippen LogP contribution in [0.4, 0.5) is 4.79 Å². The van der Waals surface area contributed by atoms with Crippen LogP contribution in [0.2, 0.25) is 0 Å². The fourth-order valence-electron chi connectivity index (χ4n) is 2.67. The summed E-state index contributed by atoms with van der Waals surface area (Å²) in [4.78, 5) is 29.4. The quantitative estimate of drug-likeness (QED) is 0.869. The van der Waals surface area contributed by atoms with E-state index in [9.17, 15) is 14.7 Å². The number of amides is 2. The van der Waals surface area contributed by atoms with Gasteiger partial charge in [-0.1, -0.05) is 13.8 Å². The lowest BCUT2D eigenvalue weighted by atomic mass is 9.76. The molecule has 1 aliphatic heterocycles. The average Bonchev–Trinajstić information content (AvgIpc) is 3.08. The number of carboxylic acids is 1. The summed E-state index contributed by atoms with van der Waals surface area (Å²) >= 11 is 1.53. The van der Waals surface area contributed by atoms with Crippen LogP contribution in [0.15, 0.2) is 10.9 Å². The molecule has 1 atom stereocenters. The number of likely N-dealkylation sites (tertiary alicyclic amines) is 1. The standard InChI is InChI=1S/C14H21N3O3S/c1-10(2)14(12(18)19)4-6-17(8-14)13(20)15-5-3-11-7-21-9-16-11/h7,9-10H,3-6,8H2,1-2H3,(H,15,20)(H,18,19). The maximum atomic E-state index is 12.1. The molecule has 1 aromatic heterocycles. The molecule has 1 aliphatic rings. The second kappa shape index (κ2) is 6.43. The molecule has 1 aromatic rings. The molecule has 2 N–H and O–H groups in total. The Bertz CT molecular complexity index is 504. The van der Waals surface area contributed by atoms with Crippen molar-refractivity contribution in [1.82, 2.24) is 15.2 Å². The van der Waals surface area contributed by atoms with Gasteiger partial charge in [-0.25, -0.2) is 9.78 Å². The van der Waals surface area contributed by atoms with Crippen LogP contribution >= 0.6 is 11.3 Å². The number of urea groups is 1. The van der Waals surface area contributed by atoms with Crippen LogP contribution in [0.5, 0.6) is 0 Å². The van der Waals surface area contributed by atoms with Crippen LogP contribution in [0, 0.1) is 11.3 Å². The SMILES string of the molecule is CC(C)C1(C(=O)O)CCN(C(=O)NCCc2cscn2)C1. The third-order valence-corrected chi connectivity index (χ3v) is 4.90. The number of aromatic nitrogens is 1. The maximum absolute atomic E-state index is 12.1. The molecule has 2 heterocycles. The summed E-state index contributed by atoms with van der Waals surface area (Å²) in [7, 11) is 0. The minimum absolute atomic E-state index is 0.00260. The molecule has 0 saturated carbocycles. The van der Waals surface area contributed by atoms with Crippen molar-refractivity contribution in [3.8, 4) is 0 Å². The maximum Gasteiger partial charge on any atom is 0.317 e. The molecule has 6 nitrogen and oxygen atoms in total. The van der Waals surface area contributed by atoms with Gasteiger partial charge in [0.2, 0.25) is 0 Å². The normalized spacial score (nSPS) is 21.8. The Morgan fingerprint density at radius 3 is 2.86 bits per heavy atom. The molecule has 1 saturated heterocycles. The predicted octanol–water partition coefficient (Wildman–Crippen LogP) is 1.83. The van der Waals surface area contributed by atoms with E-state index < -0.39 is 11.4 Å². The molecule has 2 amide bonds. The Morgan fingerprint density at radius 2 is 2.33 bits per heavy atom. The summed E-state index contributed by atoms with van der Waals surface area (Å²) in [6.45, 7) is 5.09. The molecule has 1 unspecified atom stereocenters. The highest BCUT2D eigenvalue weighted by molar-refractivity contribution is 7.07. The third-order valence-electron chi connectivity index (χ3n) is 4.26. The number of rotatable bonds is 5. The molecule has 2 rings (SSSR count). The number of hydrogen-bond donors (Lipinski definition) is 2. The topological polar surface area (TPSA) is 82.5 Å². The summed E-state index contributed by atoms with van der Waals surface area (Å²) in [5.74, 6) is -0.807. The minimum atomic E-state index is -0.813. The molecular formula is C14H21N3O3S. The minimum Gasteiger partial charge on any atom is -0.481 e. The van der Waals surface area contributed by atoms with Gasteiger partial charge in [0.1, 0.15) is 0 Å². The van der Waals surface area contributed by atoms with E-state index in [0.29, 0.717) is 25.9 Å². The lowest BCUT2D eigenvalue weighted by molar-refractivity contribution is -0.150. The highest BCUT2D eigenvalue weighted by Gasteiger charge is 2.48. The summed E-state index contributed by atoms with van der Waals surface area (Å²) < 4.78 is 0. The van der Waals surface area contributed by atoms with E-state index in [4.69, 9.17) is 0 Å². The van der Waals surface area contributed by atoms with Crippen molar-refractivity contribution in [2.45, 2.75) is 26.7 Å². The van der Waals surface area contributed by atoms with Crippen molar-refractivity contribution in [2.24, 2.45) is 11.3 Å². The second-order valence-corrected chi connectivity index (χ2v) is 6.47. The summed E-state index contributed by atoms with van der Waals surface area (Å²) in [6.07, 6.45) is 1.21. The van der Waals surface area contributed by atoms with Crippen molar-refractivity contribution in [2.75, 3.05) is 19.6 Å². The average molecular weight is 311 g/mol. The van der Waals surface area contributed by atoms with Gasteiger partial charge in [-0.15, -0.1) is 11.3 Å². The zero-order chi connectivity index (χ0) is 15.5. The van der Waals surface area contributed by atoms with Gasteiger partial charge >= 0.3 is 12.0 Å². The van der Waals surface area contributed by atoms with Gasteiger partial charge in [-0.2, -0.15) is 0 Å². The van der Waals surface area contributed by atoms with Gasteiger partial charge in [0.05, 0.1) is 16.6 Å². The smallest absolute Gasteiger partial charge is 0.317 e. The molecule has 0 spiro atoms. The fraction of sp³-hybridized carbons (Fsp3) is 0.643. The number of carbonyl (C=O) groups excluding carboxylic acids is 1. The van der Waals surface area contributed by atoms with E-state index in [1.807, 2.05) is 19.2 Å². The van der Waals surface area contributed by atoms with E-state index >= 15 is 0 Å². The Balaban J connectivity index is 1.85. The molecule has 1 fully saturated rings. The van der Waals surface area contributed by atoms with E-state index in [1.165, 1.54) is 11.3 Å². The van der Waals surface area contributed by atoms with Crippen LogP contribution in [0.3, 0.4) is 0 Å². The fourth-order valence-corrected chi connectivity index (χ4v) is 3.26. The molecular weight excluding hydrogens is 290 g/mol. The van der Waals surface area contributed by atoms with Gasteiger partial charge in [0.25, 0.3) is 0 Å². The first kappa shape index (κ1) is 15.8. The van der Waals surface area contributed by atoms with Crippen molar-refractivity contribution < 1.29 is 14.7 Å². The highest BCUT2D eigenvalue weighted by atomic mass is 32.1. The van der Waals surface area contributed by atoms with Crippen LogP contribution < -0.4 is 5.32 Å². The number of carboxylic acid groups (broad SMARTS) is 1. The largest absolute Gasteiger partial charge is 0.481 e. The van der Waals surface area contributed by atoms with Crippen LogP contribution in [-0.2, 0) is 11.2 Å². The third kappa shape index (κ3) is 3.34. The Labute approximate surface area is 128 Å². The summed E-state index contributed by atoms with van der Waals surface area (Å²) in [5, 5.41) is 14.3. The monoisotopic (exact) mass is 311 g/mol. The first-order chi connectivity index (χ1) is 9.95. The lowest BCUT2D eigenvalue weighted by Crippen LogP contribution is -2.44. The zero-order valence-electron chi connectivity index (χ0n) is 12.3. The van der Waals surface area contributed by atoms with Crippen molar-refractivity contribution >= 4 is 23.3 Å². The lowest BCUT2D eigenvalue weighted by Gasteiger charge is -2.28. The highest BCUT2D eigenvalue weighted by Crippen LogP contribution is 2.38. The Kier molecular flexibility index (Phi) is 4.82. The molecule has 116 valence electrons. The molecule has 0 aliphatic carbocycles. The number of thiazole rings is 1. The number of aliphatic carboxylic acids is 1. The van der Waals surface area contributed by atoms with E-state index in [0.717, 1.165) is 5.69 Å². The molecule has 21 heavy (non-hydrogen) atoms. The molecule has 0 bridgehead atoms. The van der Waals surface area contributed by atoms with Gasteiger partial charge in [-0.3, -0.25) is 4.79 Å². The Hall–Kier alpha value is -1.63. The first-order valence-corrected chi connectivity index (χ1v) is 8.03. The molecule has 0 aromatic carbocycles. The van der Waals surface area contributed by atoms with Crippen molar-refractivity contribution in [3.63, 3.8) is 0 Å². The number of nitrogens with zero attached hydrogens (tertiary/aromatic N) is 2. The molecule has 7 heteroatoms. The van der Waals surface area contributed by atoms with E-state index in [2.05, 4.69) is 10.3 Å². The van der Waals surface area contributed by atoms with E-state index in [-0.39, 0.29) is 18.5 Å². The van der Waals surface area contributed by atoms with Gasteiger partial charge in [0.15, 0.2) is 0 Å².